The maximum absolute atomic E-state index is 12.7. The lowest BCUT2D eigenvalue weighted by molar-refractivity contribution is -0.191. The first-order valence-electron chi connectivity index (χ1n) is 4.42. The van der Waals surface area contributed by atoms with Gasteiger partial charge >= 0.3 is 0 Å². The molecule has 0 unspecified atom stereocenters. The number of aliphatic hydroxyl groups excluding tert-OH is 1. The summed E-state index contributed by atoms with van der Waals surface area (Å²) in [5, 5.41) is 9.20. The number of benzene rings is 1. The third kappa shape index (κ3) is 1.52. The first-order chi connectivity index (χ1) is 6.77. The zero-order valence-electron chi connectivity index (χ0n) is 7.57. The molecule has 0 bridgehead atoms. The van der Waals surface area contributed by atoms with E-state index in [0.717, 1.165) is 0 Å². The predicted molar refractivity (Wildman–Crippen MR) is 47.1 cm³/mol. The second-order valence-electron chi connectivity index (χ2n) is 3.11. The van der Waals surface area contributed by atoms with Crippen LogP contribution in [0.1, 0.15) is 5.56 Å². The number of hydrogen-bond donors (Lipinski definition) is 1. The molecule has 3 nitrogen and oxygen atoms in total. The first-order valence-corrected chi connectivity index (χ1v) is 4.42. The Balaban J connectivity index is 2.31. The molecule has 0 spiro atoms. The molecule has 2 rings (SSSR count). The second-order valence-corrected chi connectivity index (χ2v) is 3.11. The monoisotopic (exact) mass is 198 g/mol. The molecule has 0 aliphatic carbocycles. The summed E-state index contributed by atoms with van der Waals surface area (Å²) in [6.45, 7) is 0.620. The molecule has 1 fully saturated rings. The summed E-state index contributed by atoms with van der Waals surface area (Å²) >= 11 is 0. The Morgan fingerprint density at radius 2 is 1.79 bits per heavy atom. The van der Waals surface area contributed by atoms with Crippen molar-refractivity contribution in [2.24, 2.45) is 0 Å². The van der Waals surface area contributed by atoms with Gasteiger partial charge in [0.15, 0.2) is 0 Å². The Bertz CT molecular complexity index is 304. The highest BCUT2D eigenvalue weighted by Gasteiger charge is 2.37. The van der Waals surface area contributed by atoms with Gasteiger partial charge in [-0.05, 0) is 12.1 Å². The molecule has 4 heteroatoms. The molecular weight excluding hydrogens is 187 g/mol. The van der Waals surface area contributed by atoms with Crippen LogP contribution in [0.25, 0.3) is 0 Å². The topological polar surface area (TPSA) is 38.7 Å². The summed E-state index contributed by atoms with van der Waals surface area (Å²) in [7, 11) is 0. The van der Waals surface area contributed by atoms with E-state index in [1.54, 1.807) is 12.1 Å². The Morgan fingerprint density at radius 3 is 2.29 bits per heavy atom. The smallest absolute Gasteiger partial charge is 0.219 e. The number of rotatable bonds is 2. The van der Waals surface area contributed by atoms with Gasteiger partial charge in [-0.1, -0.05) is 12.1 Å². The van der Waals surface area contributed by atoms with Crippen LogP contribution < -0.4 is 0 Å². The molecule has 1 saturated heterocycles. The molecule has 1 aromatic carbocycles. The Kier molecular flexibility index (Phi) is 2.50. The lowest BCUT2D eigenvalue weighted by Crippen LogP contribution is -2.31. The highest BCUT2D eigenvalue weighted by Crippen LogP contribution is 2.30. The quantitative estimate of drug-likeness (QED) is 0.771. The molecule has 0 radical (unpaired) electrons. The number of hydrogen-bond acceptors (Lipinski definition) is 3. The van der Waals surface area contributed by atoms with E-state index in [9.17, 15) is 9.50 Å². The third-order valence-electron chi connectivity index (χ3n) is 2.25. The SMILES string of the molecule is OCC1(c2ccc(F)cc2)OCCO1. The van der Waals surface area contributed by atoms with Crippen molar-refractivity contribution in [3.05, 3.63) is 35.6 Å². The molecule has 0 saturated carbocycles. The minimum atomic E-state index is -1.09. The molecule has 1 N–H and O–H groups in total. The van der Waals surface area contributed by atoms with E-state index >= 15 is 0 Å². The summed E-state index contributed by atoms with van der Waals surface area (Å²) < 4.78 is 23.3. The van der Waals surface area contributed by atoms with Gasteiger partial charge in [-0.25, -0.2) is 4.39 Å². The molecule has 1 aromatic rings. The van der Waals surface area contributed by atoms with E-state index < -0.39 is 5.79 Å². The minimum Gasteiger partial charge on any atom is -0.390 e. The van der Waals surface area contributed by atoms with Gasteiger partial charge in [-0.2, -0.15) is 0 Å². The molecule has 0 atom stereocenters. The largest absolute Gasteiger partial charge is 0.390 e. The van der Waals surface area contributed by atoms with Crippen LogP contribution in [0.4, 0.5) is 4.39 Å². The normalized spacial score (nSPS) is 19.9. The van der Waals surface area contributed by atoms with Gasteiger partial charge in [0, 0.05) is 5.56 Å². The van der Waals surface area contributed by atoms with Gasteiger partial charge in [0.2, 0.25) is 5.79 Å². The van der Waals surface area contributed by atoms with Crippen LogP contribution in [0.5, 0.6) is 0 Å². The zero-order chi connectivity index (χ0) is 10.0. The second kappa shape index (κ2) is 3.65. The Labute approximate surface area is 81.1 Å². The maximum atomic E-state index is 12.7. The van der Waals surface area contributed by atoms with Crippen LogP contribution in [0.2, 0.25) is 0 Å². The minimum absolute atomic E-state index is 0.265. The van der Waals surface area contributed by atoms with Crippen LogP contribution in [0.3, 0.4) is 0 Å². The first kappa shape index (κ1) is 9.58. The molecule has 1 aliphatic heterocycles. The zero-order valence-corrected chi connectivity index (χ0v) is 7.57. The molecule has 76 valence electrons. The fourth-order valence-electron chi connectivity index (χ4n) is 1.51. The van der Waals surface area contributed by atoms with Crippen molar-refractivity contribution in [3.8, 4) is 0 Å². The van der Waals surface area contributed by atoms with Crippen molar-refractivity contribution in [2.75, 3.05) is 19.8 Å². The Morgan fingerprint density at radius 1 is 1.21 bits per heavy atom. The number of ether oxygens (including phenoxy) is 2. The molecule has 1 heterocycles. The summed E-state index contributed by atoms with van der Waals surface area (Å²) in [4.78, 5) is 0. The molecule has 14 heavy (non-hydrogen) atoms. The van der Waals surface area contributed by atoms with Gasteiger partial charge < -0.3 is 14.6 Å². The van der Waals surface area contributed by atoms with Crippen molar-refractivity contribution in [1.29, 1.82) is 0 Å². The van der Waals surface area contributed by atoms with Gasteiger partial charge in [0.25, 0.3) is 0 Å². The van der Waals surface area contributed by atoms with Gasteiger partial charge in [0.1, 0.15) is 12.4 Å². The lowest BCUT2D eigenvalue weighted by Gasteiger charge is -2.25. The highest BCUT2D eigenvalue weighted by atomic mass is 19.1. The summed E-state index contributed by atoms with van der Waals surface area (Å²) in [6.07, 6.45) is 0. The average molecular weight is 198 g/mol. The predicted octanol–water partition coefficient (Wildman–Crippen LogP) is 1.02. The van der Waals surface area contributed by atoms with Crippen LogP contribution in [-0.4, -0.2) is 24.9 Å². The molecule has 1 aliphatic rings. The summed E-state index contributed by atoms with van der Waals surface area (Å²) in [6, 6.07) is 5.74. The van der Waals surface area contributed by atoms with E-state index in [0.29, 0.717) is 18.8 Å². The van der Waals surface area contributed by atoms with Crippen LogP contribution in [-0.2, 0) is 15.3 Å². The summed E-state index contributed by atoms with van der Waals surface area (Å²) in [5.41, 5.74) is 0.638. The van der Waals surface area contributed by atoms with E-state index in [-0.39, 0.29) is 12.4 Å². The van der Waals surface area contributed by atoms with E-state index in [4.69, 9.17) is 9.47 Å². The van der Waals surface area contributed by atoms with Gasteiger partial charge in [-0.15, -0.1) is 0 Å². The van der Waals surface area contributed by atoms with Crippen LogP contribution in [0, 0.1) is 5.82 Å². The number of halogens is 1. The van der Waals surface area contributed by atoms with Crippen molar-refractivity contribution >= 4 is 0 Å². The Hall–Kier alpha value is -0.970. The van der Waals surface area contributed by atoms with Crippen molar-refractivity contribution in [1.82, 2.24) is 0 Å². The summed E-state index contributed by atoms with van der Waals surface area (Å²) in [5.74, 6) is -1.41. The molecule has 0 amide bonds. The molecule has 0 aromatic heterocycles. The third-order valence-corrected chi connectivity index (χ3v) is 2.25. The fourth-order valence-corrected chi connectivity index (χ4v) is 1.51. The molecular formula is C10H11FO3. The van der Waals surface area contributed by atoms with Gasteiger partial charge in [0.05, 0.1) is 13.2 Å². The fraction of sp³-hybridized carbons (Fsp3) is 0.400. The number of aliphatic hydroxyl groups is 1. The van der Waals surface area contributed by atoms with Crippen molar-refractivity contribution < 1.29 is 19.0 Å². The van der Waals surface area contributed by atoms with Crippen molar-refractivity contribution in [2.45, 2.75) is 5.79 Å². The maximum Gasteiger partial charge on any atom is 0.219 e. The lowest BCUT2D eigenvalue weighted by atomic mass is 10.1. The van der Waals surface area contributed by atoms with E-state index in [2.05, 4.69) is 0 Å². The standard InChI is InChI=1S/C10H11FO3/c11-9-3-1-8(2-4-9)10(7-12)13-5-6-14-10/h1-4,12H,5-7H2. The average Bonchev–Trinajstić information content (AvgIpc) is 2.68. The van der Waals surface area contributed by atoms with Crippen molar-refractivity contribution in [3.63, 3.8) is 0 Å². The highest BCUT2D eigenvalue weighted by molar-refractivity contribution is 5.21. The van der Waals surface area contributed by atoms with Crippen LogP contribution >= 0.6 is 0 Å². The van der Waals surface area contributed by atoms with Crippen LogP contribution in [0.15, 0.2) is 24.3 Å². The van der Waals surface area contributed by atoms with Gasteiger partial charge in [-0.3, -0.25) is 0 Å². The van der Waals surface area contributed by atoms with E-state index in [1.807, 2.05) is 0 Å². The van der Waals surface area contributed by atoms with E-state index in [1.165, 1.54) is 12.1 Å².